The Morgan fingerprint density at radius 1 is 0.720 bits per heavy atom. The summed E-state index contributed by atoms with van der Waals surface area (Å²) in [7, 11) is 0. The number of rotatable bonds is 4. The second-order valence-electron chi connectivity index (χ2n) is 9.32. The van der Waals surface area contributed by atoms with Gasteiger partial charge in [-0.25, -0.2) is 0 Å². The highest BCUT2D eigenvalue weighted by molar-refractivity contribution is 5.12. The number of nitrogens with zero attached hydrogens (tertiary/aromatic N) is 2. The summed E-state index contributed by atoms with van der Waals surface area (Å²) in [5, 5.41) is 4.14. The average Bonchev–Trinajstić information content (AvgIpc) is 3.32. The van der Waals surface area contributed by atoms with Crippen molar-refractivity contribution in [1.29, 1.82) is 0 Å². The zero-order valence-electron chi connectivity index (χ0n) is 15.9. The van der Waals surface area contributed by atoms with Crippen LogP contribution in [0.25, 0.3) is 0 Å². The van der Waals surface area contributed by atoms with Gasteiger partial charge in [0.1, 0.15) is 0 Å². The van der Waals surface area contributed by atoms with Crippen LogP contribution in [0.15, 0.2) is 0 Å². The fourth-order valence-corrected chi connectivity index (χ4v) is 6.52. The van der Waals surface area contributed by atoms with Gasteiger partial charge in [-0.3, -0.25) is 4.90 Å². The fraction of sp³-hybridized carbons (Fsp3) is 1.00. The van der Waals surface area contributed by atoms with Gasteiger partial charge in [-0.2, -0.15) is 0 Å². The molecule has 25 heavy (non-hydrogen) atoms. The van der Waals surface area contributed by atoms with Crippen LogP contribution in [0.5, 0.6) is 0 Å². The molecule has 0 aromatic rings. The maximum absolute atomic E-state index is 6.13. The summed E-state index contributed by atoms with van der Waals surface area (Å²) in [5.74, 6) is 0.791. The summed E-state index contributed by atoms with van der Waals surface area (Å²) in [6, 6.07) is 3.03. The number of nitrogens with one attached hydrogen (secondary N) is 1. The molecule has 5 rings (SSSR count). The van der Waals surface area contributed by atoms with Crippen LogP contribution in [0.3, 0.4) is 0 Å². The van der Waals surface area contributed by atoms with E-state index in [1.165, 1.54) is 90.4 Å². The van der Waals surface area contributed by atoms with E-state index in [0.29, 0.717) is 18.2 Å². The van der Waals surface area contributed by atoms with Crippen LogP contribution in [0, 0.1) is 5.92 Å². The molecule has 0 aromatic heterocycles. The molecule has 2 aliphatic carbocycles. The topological polar surface area (TPSA) is 27.7 Å². The van der Waals surface area contributed by atoms with Gasteiger partial charge < -0.3 is 15.0 Å². The van der Waals surface area contributed by atoms with Gasteiger partial charge in [-0.1, -0.05) is 19.3 Å². The molecule has 0 spiro atoms. The van der Waals surface area contributed by atoms with E-state index in [0.717, 1.165) is 24.6 Å². The van der Waals surface area contributed by atoms with Crippen molar-refractivity contribution in [2.75, 3.05) is 32.8 Å². The van der Waals surface area contributed by atoms with Gasteiger partial charge in [0, 0.05) is 30.7 Å². The highest BCUT2D eigenvalue weighted by Crippen LogP contribution is 2.43. The number of ether oxygens (including phenoxy) is 1. The van der Waals surface area contributed by atoms with Crippen LogP contribution in [-0.2, 0) is 4.74 Å². The summed E-state index contributed by atoms with van der Waals surface area (Å²) in [6.07, 6.45) is 14.6. The Balaban J connectivity index is 1.17. The molecule has 1 N–H and O–H groups in total. The van der Waals surface area contributed by atoms with Crippen molar-refractivity contribution in [1.82, 2.24) is 15.1 Å². The number of hydrogen-bond acceptors (Lipinski definition) is 4. The Kier molecular flexibility index (Phi) is 5.06. The Labute approximate surface area is 153 Å². The minimum atomic E-state index is 0.536. The molecule has 0 amide bonds. The minimum absolute atomic E-state index is 0.536. The third-order valence-corrected chi connectivity index (χ3v) is 7.96. The normalized spacial score (nSPS) is 41.8. The Morgan fingerprint density at radius 3 is 2.24 bits per heavy atom. The molecule has 0 radical (unpaired) electrons. The van der Waals surface area contributed by atoms with Crippen molar-refractivity contribution in [2.24, 2.45) is 5.92 Å². The second-order valence-corrected chi connectivity index (χ2v) is 9.32. The first kappa shape index (κ1) is 17.0. The Morgan fingerprint density at radius 2 is 1.48 bits per heavy atom. The van der Waals surface area contributed by atoms with Gasteiger partial charge >= 0.3 is 0 Å². The van der Waals surface area contributed by atoms with E-state index >= 15 is 0 Å². The third-order valence-electron chi connectivity index (χ3n) is 7.96. The van der Waals surface area contributed by atoms with Crippen LogP contribution >= 0.6 is 0 Å². The van der Waals surface area contributed by atoms with Crippen LogP contribution in [0.1, 0.15) is 64.2 Å². The number of hydrogen-bond donors (Lipinski definition) is 1. The summed E-state index contributed by atoms with van der Waals surface area (Å²) in [4.78, 5) is 5.57. The first-order valence-corrected chi connectivity index (χ1v) is 11.3. The maximum atomic E-state index is 6.13. The van der Waals surface area contributed by atoms with Crippen LogP contribution < -0.4 is 5.32 Å². The smallest absolute Gasteiger partial charge is 0.0789 e. The molecular weight excluding hydrogens is 310 g/mol. The quantitative estimate of drug-likeness (QED) is 0.846. The highest BCUT2D eigenvalue weighted by Gasteiger charge is 2.56. The highest BCUT2D eigenvalue weighted by atomic mass is 16.5. The zero-order chi connectivity index (χ0) is 16.6. The van der Waals surface area contributed by atoms with Gasteiger partial charge in [0.25, 0.3) is 0 Å². The molecule has 4 atom stereocenters. The van der Waals surface area contributed by atoms with Crippen LogP contribution in [0.2, 0.25) is 0 Å². The summed E-state index contributed by atoms with van der Waals surface area (Å²) in [5.41, 5.74) is 0. The third kappa shape index (κ3) is 3.28. The molecule has 142 valence electrons. The molecule has 3 aliphatic heterocycles. The fourth-order valence-electron chi connectivity index (χ4n) is 6.52. The summed E-state index contributed by atoms with van der Waals surface area (Å²) >= 11 is 0. The molecule has 3 heterocycles. The van der Waals surface area contributed by atoms with Crippen molar-refractivity contribution in [3.63, 3.8) is 0 Å². The molecule has 5 aliphatic rings. The number of likely N-dealkylation sites (tertiary alicyclic amines) is 2. The van der Waals surface area contributed by atoms with Crippen molar-refractivity contribution in [3.05, 3.63) is 0 Å². The lowest BCUT2D eigenvalue weighted by molar-refractivity contribution is -0.0932. The van der Waals surface area contributed by atoms with E-state index in [1.54, 1.807) is 0 Å². The molecule has 0 aromatic carbocycles. The van der Waals surface area contributed by atoms with Gasteiger partial charge in [-0.05, 0) is 71.1 Å². The maximum Gasteiger partial charge on any atom is 0.0789 e. The van der Waals surface area contributed by atoms with E-state index in [-0.39, 0.29) is 0 Å². The first-order chi connectivity index (χ1) is 12.4. The Bertz CT molecular complexity index is 438. The first-order valence-electron chi connectivity index (χ1n) is 11.3. The Hall–Kier alpha value is -0.160. The van der Waals surface area contributed by atoms with E-state index in [2.05, 4.69) is 15.1 Å². The van der Waals surface area contributed by atoms with Crippen LogP contribution in [-0.4, -0.2) is 72.9 Å². The van der Waals surface area contributed by atoms with Gasteiger partial charge in [0.15, 0.2) is 0 Å². The summed E-state index contributed by atoms with van der Waals surface area (Å²) < 4.78 is 6.13. The lowest BCUT2D eigenvalue weighted by Gasteiger charge is -2.55. The number of fused-ring (bicyclic) bond motifs is 1. The van der Waals surface area contributed by atoms with E-state index in [9.17, 15) is 0 Å². The lowest BCUT2D eigenvalue weighted by Crippen LogP contribution is -2.72. The molecule has 4 heteroatoms. The van der Waals surface area contributed by atoms with E-state index in [4.69, 9.17) is 4.74 Å². The predicted octanol–water partition coefficient (Wildman–Crippen LogP) is 2.62. The lowest BCUT2D eigenvalue weighted by atomic mass is 9.69. The molecular formula is C21H37N3O. The SMILES string of the molecule is C1CCN([C@H]2[C@H](NC3CCN(C4CCCC4)CC3)[C@@H]3CCO[C@@H]32)CC1. The van der Waals surface area contributed by atoms with Crippen molar-refractivity contribution >= 4 is 0 Å². The second kappa shape index (κ2) is 7.46. The van der Waals surface area contributed by atoms with Gasteiger partial charge in [-0.15, -0.1) is 0 Å². The van der Waals surface area contributed by atoms with Gasteiger partial charge in [0.2, 0.25) is 0 Å². The number of piperidine rings is 2. The predicted molar refractivity (Wildman–Crippen MR) is 101 cm³/mol. The zero-order valence-corrected chi connectivity index (χ0v) is 15.9. The molecule has 2 saturated carbocycles. The summed E-state index contributed by atoms with van der Waals surface area (Å²) in [6.45, 7) is 6.26. The van der Waals surface area contributed by atoms with Crippen molar-refractivity contribution in [2.45, 2.75) is 94.5 Å². The van der Waals surface area contributed by atoms with Crippen LogP contribution in [0.4, 0.5) is 0 Å². The largest absolute Gasteiger partial charge is 0.376 e. The molecule has 3 saturated heterocycles. The van der Waals surface area contributed by atoms with E-state index in [1.807, 2.05) is 0 Å². The van der Waals surface area contributed by atoms with Gasteiger partial charge in [0.05, 0.1) is 12.1 Å². The standard InChI is InChI=1S/C21H37N3O/c1-4-11-24(12-5-1)20-19(18-10-15-25-21(18)20)22-16-8-13-23(14-9-16)17-6-2-3-7-17/h16-22H,1-15H2/t18-,19+,20-,21-/m0/s1. The molecule has 4 nitrogen and oxygen atoms in total. The monoisotopic (exact) mass is 347 g/mol. The molecule has 0 bridgehead atoms. The van der Waals surface area contributed by atoms with E-state index < -0.39 is 0 Å². The minimum Gasteiger partial charge on any atom is -0.376 e. The average molecular weight is 348 g/mol. The molecule has 5 fully saturated rings. The molecule has 0 unspecified atom stereocenters. The van der Waals surface area contributed by atoms with Crippen molar-refractivity contribution < 1.29 is 4.74 Å². The van der Waals surface area contributed by atoms with Crippen molar-refractivity contribution in [3.8, 4) is 0 Å².